The number of ether oxygens (including phenoxy) is 1. The first-order valence-electron chi connectivity index (χ1n) is 7.52. The summed E-state index contributed by atoms with van der Waals surface area (Å²) in [7, 11) is 0. The van der Waals surface area contributed by atoms with Gasteiger partial charge in [0.25, 0.3) is 0 Å². The van der Waals surface area contributed by atoms with E-state index < -0.39 is 5.60 Å². The summed E-state index contributed by atoms with van der Waals surface area (Å²) in [5.41, 5.74) is 5.86. The molecule has 0 aromatic rings. The zero-order chi connectivity index (χ0) is 14.1. The van der Waals surface area contributed by atoms with Gasteiger partial charge in [-0.15, -0.1) is 0 Å². The van der Waals surface area contributed by atoms with E-state index in [9.17, 15) is 4.79 Å². The number of likely N-dealkylation sites (tertiary alicyclic amines) is 1. The molecule has 1 amide bonds. The minimum Gasteiger partial charge on any atom is -0.444 e. The average molecular weight is 268 g/mol. The van der Waals surface area contributed by atoms with Crippen molar-refractivity contribution in [2.24, 2.45) is 17.1 Å². The van der Waals surface area contributed by atoms with Gasteiger partial charge >= 0.3 is 6.09 Å². The summed E-state index contributed by atoms with van der Waals surface area (Å²) in [5.74, 6) is 0.604. The number of amides is 1. The molecule has 2 aliphatic rings. The van der Waals surface area contributed by atoms with Crippen molar-refractivity contribution in [2.75, 3.05) is 19.6 Å². The SMILES string of the molecule is CC(C)(C)OC(=O)N1CCCC(CC2(CN)CC2)C1. The van der Waals surface area contributed by atoms with E-state index in [1.165, 1.54) is 25.7 Å². The second-order valence-corrected chi connectivity index (χ2v) is 7.34. The van der Waals surface area contributed by atoms with Crippen LogP contribution in [-0.4, -0.2) is 36.2 Å². The third-order valence-corrected chi connectivity index (χ3v) is 4.28. The minimum atomic E-state index is -0.404. The molecule has 1 heterocycles. The highest BCUT2D eigenvalue weighted by atomic mass is 16.6. The number of hydrogen-bond donors (Lipinski definition) is 1. The first-order valence-corrected chi connectivity index (χ1v) is 7.52. The number of rotatable bonds is 3. The van der Waals surface area contributed by atoms with Gasteiger partial charge in [0.1, 0.15) is 5.60 Å². The van der Waals surface area contributed by atoms with Gasteiger partial charge in [0, 0.05) is 13.1 Å². The Morgan fingerprint density at radius 1 is 1.42 bits per heavy atom. The maximum absolute atomic E-state index is 12.1. The maximum Gasteiger partial charge on any atom is 0.410 e. The van der Waals surface area contributed by atoms with Crippen LogP contribution < -0.4 is 5.73 Å². The van der Waals surface area contributed by atoms with Crippen LogP contribution in [0.4, 0.5) is 4.79 Å². The molecule has 1 atom stereocenters. The Kier molecular flexibility index (Phi) is 4.09. The molecule has 2 N–H and O–H groups in total. The van der Waals surface area contributed by atoms with Crippen LogP contribution in [0.2, 0.25) is 0 Å². The summed E-state index contributed by atoms with van der Waals surface area (Å²) in [6.07, 6.45) is 5.88. The smallest absolute Gasteiger partial charge is 0.410 e. The van der Waals surface area contributed by atoms with Crippen LogP contribution in [0, 0.1) is 11.3 Å². The van der Waals surface area contributed by atoms with Crippen molar-refractivity contribution in [2.45, 2.75) is 58.5 Å². The highest BCUT2D eigenvalue weighted by Gasteiger charge is 2.43. The van der Waals surface area contributed by atoms with E-state index >= 15 is 0 Å². The maximum atomic E-state index is 12.1. The lowest BCUT2D eigenvalue weighted by Gasteiger charge is -2.35. The lowest BCUT2D eigenvalue weighted by atomic mass is 9.86. The molecule has 4 heteroatoms. The van der Waals surface area contributed by atoms with Gasteiger partial charge in [-0.05, 0) is 70.8 Å². The second-order valence-electron chi connectivity index (χ2n) is 7.34. The van der Waals surface area contributed by atoms with Crippen molar-refractivity contribution in [1.82, 2.24) is 4.90 Å². The van der Waals surface area contributed by atoms with Gasteiger partial charge in [0.2, 0.25) is 0 Å². The van der Waals surface area contributed by atoms with Gasteiger partial charge in [-0.2, -0.15) is 0 Å². The van der Waals surface area contributed by atoms with E-state index in [4.69, 9.17) is 10.5 Å². The molecule has 1 saturated carbocycles. The fourth-order valence-electron chi connectivity index (χ4n) is 3.00. The predicted octanol–water partition coefficient (Wildman–Crippen LogP) is 2.76. The third kappa shape index (κ3) is 4.10. The largest absolute Gasteiger partial charge is 0.444 e. The number of nitrogens with two attached hydrogens (primary N) is 1. The first kappa shape index (κ1) is 14.6. The topological polar surface area (TPSA) is 55.6 Å². The molecule has 0 radical (unpaired) electrons. The van der Waals surface area contributed by atoms with Crippen LogP contribution in [0.5, 0.6) is 0 Å². The minimum absolute atomic E-state index is 0.158. The summed E-state index contributed by atoms with van der Waals surface area (Å²) < 4.78 is 5.46. The molecule has 1 aliphatic heterocycles. The van der Waals surface area contributed by atoms with Gasteiger partial charge in [-0.25, -0.2) is 4.79 Å². The van der Waals surface area contributed by atoms with E-state index in [1.54, 1.807) is 0 Å². The zero-order valence-electron chi connectivity index (χ0n) is 12.6. The number of piperidine rings is 1. The Hall–Kier alpha value is -0.770. The van der Waals surface area contributed by atoms with E-state index in [2.05, 4.69) is 0 Å². The third-order valence-electron chi connectivity index (χ3n) is 4.28. The van der Waals surface area contributed by atoms with Crippen molar-refractivity contribution < 1.29 is 9.53 Å². The van der Waals surface area contributed by atoms with Crippen molar-refractivity contribution >= 4 is 6.09 Å². The van der Waals surface area contributed by atoms with E-state index in [-0.39, 0.29) is 6.09 Å². The molecule has 0 aromatic heterocycles. The molecule has 0 aromatic carbocycles. The molecule has 110 valence electrons. The van der Waals surface area contributed by atoms with Crippen molar-refractivity contribution in [1.29, 1.82) is 0 Å². The molecule has 1 aliphatic carbocycles. The molecule has 0 spiro atoms. The zero-order valence-corrected chi connectivity index (χ0v) is 12.6. The molecule has 0 bridgehead atoms. The standard InChI is InChI=1S/C15H28N2O2/c1-14(2,3)19-13(18)17-8-4-5-12(10-17)9-15(11-16)6-7-15/h12H,4-11,16H2,1-3H3. The van der Waals surface area contributed by atoms with Crippen LogP contribution in [0.1, 0.15) is 52.9 Å². The molecule has 4 nitrogen and oxygen atoms in total. The quantitative estimate of drug-likeness (QED) is 0.856. The van der Waals surface area contributed by atoms with Gasteiger partial charge in [-0.1, -0.05) is 0 Å². The molecule has 2 rings (SSSR count). The Morgan fingerprint density at radius 2 is 2.11 bits per heavy atom. The average Bonchev–Trinajstić information content (AvgIpc) is 3.08. The second kappa shape index (κ2) is 5.31. The summed E-state index contributed by atoms with van der Waals surface area (Å²) in [5, 5.41) is 0. The van der Waals surface area contributed by atoms with Crippen LogP contribution in [0.3, 0.4) is 0 Å². The van der Waals surface area contributed by atoms with E-state index in [0.29, 0.717) is 11.3 Å². The Labute approximate surface area is 116 Å². The molecular formula is C15H28N2O2. The Morgan fingerprint density at radius 3 is 2.63 bits per heavy atom. The molecule has 19 heavy (non-hydrogen) atoms. The van der Waals surface area contributed by atoms with Crippen molar-refractivity contribution in [3.8, 4) is 0 Å². The fraction of sp³-hybridized carbons (Fsp3) is 0.933. The number of nitrogens with zero attached hydrogens (tertiary/aromatic N) is 1. The molecule has 2 fully saturated rings. The first-order chi connectivity index (χ1) is 8.84. The number of carbonyl (C=O) groups excluding carboxylic acids is 1. The highest BCUT2D eigenvalue weighted by Crippen LogP contribution is 2.50. The van der Waals surface area contributed by atoms with Crippen LogP contribution in [0.25, 0.3) is 0 Å². The fourth-order valence-corrected chi connectivity index (χ4v) is 3.00. The molecular weight excluding hydrogens is 240 g/mol. The van der Waals surface area contributed by atoms with Crippen molar-refractivity contribution in [3.05, 3.63) is 0 Å². The lowest BCUT2D eigenvalue weighted by molar-refractivity contribution is 0.0150. The molecule has 1 unspecified atom stereocenters. The number of carbonyl (C=O) groups is 1. The lowest BCUT2D eigenvalue weighted by Crippen LogP contribution is -2.43. The van der Waals surface area contributed by atoms with Gasteiger partial charge in [-0.3, -0.25) is 0 Å². The van der Waals surface area contributed by atoms with Gasteiger partial charge < -0.3 is 15.4 Å². The summed E-state index contributed by atoms with van der Waals surface area (Å²) in [6.45, 7) is 8.23. The van der Waals surface area contributed by atoms with Gasteiger partial charge in [0.15, 0.2) is 0 Å². The van der Waals surface area contributed by atoms with Crippen LogP contribution >= 0.6 is 0 Å². The Bertz CT molecular complexity index is 332. The van der Waals surface area contributed by atoms with E-state index in [1.807, 2.05) is 25.7 Å². The summed E-state index contributed by atoms with van der Waals surface area (Å²) in [6, 6.07) is 0. The monoisotopic (exact) mass is 268 g/mol. The normalized spacial score (nSPS) is 26.1. The van der Waals surface area contributed by atoms with Crippen LogP contribution in [-0.2, 0) is 4.74 Å². The summed E-state index contributed by atoms with van der Waals surface area (Å²) >= 11 is 0. The predicted molar refractivity (Wildman–Crippen MR) is 75.9 cm³/mol. The molecule has 1 saturated heterocycles. The van der Waals surface area contributed by atoms with Crippen molar-refractivity contribution in [3.63, 3.8) is 0 Å². The highest BCUT2D eigenvalue weighted by molar-refractivity contribution is 5.68. The van der Waals surface area contributed by atoms with E-state index in [0.717, 1.165) is 26.1 Å². The van der Waals surface area contributed by atoms with Gasteiger partial charge in [0.05, 0.1) is 0 Å². The number of hydrogen-bond acceptors (Lipinski definition) is 3. The van der Waals surface area contributed by atoms with Crippen LogP contribution in [0.15, 0.2) is 0 Å². The Balaban J connectivity index is 1.85. The summed E-state index contributed by atoms with van der Waals surface area (Å²) in [4.78, 5) is 14.0.